The van der Waals surface area contributed by atoms with E-state index in [0.29, 0.717) is 16.9 Å². The summed E-state index contributed by atoms with van der Waals surface area (Å²) in [6.45, 7) is 2.12. The van der Waals surface area contributed by atoms with E-state index in [2.05, 4.69) is 15.6 Å². The van der Waals surface area contributed by atoms with Gasteiger partial charge >= 0.3 is 5.97 Å². The second-order valence-corrected chi connectivity index (χ2v) is 9.32. The maximum absolute atomic E-state index is 12.4. The van der Waals surface area contributed by atoms with Gasteiger partial charge in [0.25, 0.3) is 0 Å². The molecule has 0 saturated carbocycles. The molecule has 0 atom stereocenters. The predicted octanol–water partition coefficient (Wildman–Crippen LogP) is 5.05. The minimum Gasteiger partial charge on any atom is -0.461 e. The van der Waals surface area contributed by atoms with Gasteiger partial charge in [0.1, 0.15) is 0 Å². The van der Waals surface area contributed by atoms with Crippen LogP contribution in [0.1, 0.15) is 79.3 Å². The second-order valence-electron chi connectivity index (χ2n) is 7.38. The molecule has 1 aliphatic carbocycles. The molecule has 0 bridgehead atoms. The summed E-state index contributed by atoms with van der Waals surface area (Å²) in [4.78, 5) is 34.2. The Bertz CT molecular complexity index is 805. The Balaban J connectivity index is 1.52. The fraction of sp³-hybridized carbons (Fsp3) is 0.619. The number of thiazole rings is 2. The predicted molar refractivity (Wildman–Crippen MR) is 122 cm³/mol. The van der Waals surface area contributed by atoms with Crippen molar-refractivity contribution in [3.05, 3.63) is 21.6 Å². The molecule has 30 heavy (non-hydrogen) atoms. The van der Waals surface area contributed by atoms with Crippen LogP contribution in [-0.2, 0) is 22.4 Å². The Kier molecular flexibility index (Phi) is 9.07. The van der Waals surface area contributed by atoms with Crippen LogP contribution in [0.15, 0.2) is 5.38 Å². The molecule has 1 aliphatic rings. The van der Waals surface area contributed by atoms with Gasteiger partial charge in [-0.2, -0.15) is 0 Å². The summed E-state index contributed by atoms with van der Waals surface area (Å²) >= 11 is 2.87. The summed E-state index contributed by atoms with van der Waals surface area (Å²) in [5.41, 5.74) is 1.41. The number of carbonyl (C=O) groups is 2. The van der Waals surface area contributed by atoms with Crippen LogP contribution >= 0.6 is 22.7 Å². The summed E-state index contributed by atoms with van der Waals surface area (Å²) in [5.74, 6) is -0.628. The molecule has 2 heterocycles. The molecular formula is C21H30N4O3S2. The highest BCUT2D eigenvalue weighted by atomic mass is 32.1. The summed E-state index contributed by atoms with van der Waals surface area (Å²) in [5, 5.41) is 8.67. The molecule has 3 rings (SSSR count). The van der Waals surface area contributed by atoms with E-state index in [0.717, 1.165) is 18.5 Å². The average Bonchev–Trinajstić information content (AvgIpc) is 3.34. The Morgan fingerprint density at radius 3 is 2.43 bits per heavy atom. The van der Waals surface area contributed by atoms with Gasteiger partial charge in [-0.1, -0.05) is 38.5 Å². The fourth-order valence-electron chi connectivity index (χ4n) is 3.44. The van der Waals surface area contributed by atoms with E-state index in [1.54, 1.807) is 23.6 Å². The van der Waals surface area contributed by atoms with Crippen molar-refractivity contribution in [2.75, 3.05) is 23.8 Å². The first-order chi connectivity index (χ1) is 14.7. The van der Waals surface area contributed by atoms with E-state index in [-0.39, 0.29) is 18.1 Å². The number of anilines is 2. The van der Waals surface area contributed by atoms with Crippen LogP contribution in [0.25, 0.3) is 0 Å². The van der Waals surface area contributed by atoms with Crippen molar-refractivity contribution in [3.8, 4) is 0 Å². The van der Waals surface area contributed by atoms with Crippen molar-refractivity contribution in [3.63, 3.8) is 0 Å². The summed E-state index contributed by atoms with van der Waals surface area (Å²) in [7, 11) is 0. The molecule has 2 N–H and O–H groups in total. The maximum Gasteiger partial charge on any atom is 0.357 e. The van der Waals surface area contributed by atoms with Crippen molar-refractivity contribution in [2.24, 2.45) is 0 Å². The zero-order valence-electron chi connectivity index (χ0n) is 17.5. The highest BCUT2D eigenvalue weighted by Gasteiger charge is 2.15. The monoisotopic (exact) mass is 450 g/mol. The number of nitrogens with zero attached hydrogens (tertiary/aromatic N) is 2. The first-order valence-corrected chi connectivity index (χ1v) is 12.5. The molecule has 0 radical (unpaired) electrons. The van der Waals surface area contributed by atoms with E-state index < -0.39 is 5.97 Å². The topological polar surface area (TPSA) is 93.2 Å². The van der Waals surface area contributed by atoms with E-state index in [1.807, 2.05) is 0 Å². The Labute approximate surface area is 185 Å². The van der Waals surface area contributed by atoms with Gasteiger partial charge in [0.15, 0.2) is 16.0 Å². The lowest BCUT2D eigenvalue weighted by molar-refractivity contribution is -0.114. The van der Waals surface area contributed by atoms with Crippen LogP contribution in [0, 0.1) is 0 Å². The number of fused-ring (bicyclic) bond motifs is 1. The standard InChI is InChI=1S/C21H30N4O3S2/c1-2-28-19(27)16-14-29-20(24-16)22-13-18(26)25-21-23-15-11-9-7-5-3-4-6-8-10-12-17(15)30-21/h14H,2-13H2,1H3,(H,22,24)(H,23,25,26). The third-order valence-electron chi connectivity index (χ3n) is 4.98. The van der Waals surface area contributed by atoms with Crippen LogP contribution in [0.4, 0.5) is 10.3 Å². The molecule has 2 aromatic heterocycles. The SMILES string of the molecule is CCOC(=O)c1csc(NCC(=O)Nc2nc3c(s2)CCCCCCCCCC3)n1. The van der Waals surface area contributed by atoms with Crippen LogP contribution in [-0.4, -0.2) is 35.0 Å². The smallest absolute Gasteiger partial charge is 0.357 e. The largest absolute Gasteiger partial charge is 0.461 e. The van der Waals surface area contributed by atoms with Gasteiger partial charge in [-0.25, -0.2) is 14.8 Å². The van der Waals surface area contributed by atoms with Crippen LogP contribution in [0.2, 0.25) is 0 Å². The van der Waals surface area contributed by atoms with E-state index in [1.165, 1.54) is 67.6 Å². The van der Waals surface area contributed by atoms with Gasteiger partial charge in [-0.3, -0.25) is 4.79 Å². The molecule has 0 aliphatic heterocycles. The molecule has 2 aromatic rings. The number of hydrogen-bond acceptors (Lipinski definition) is 8. The molecule has 0 aromatic carbocycles. The number of aryl methyl sites for hydroxylation is 2. The van der Waals surface area contributed by atoms with Gasteiger partial charge in [0, 0.05) is 10.3 Å². The minimum atomic E-state index is -0.454. The van der Waals surface area contributed by atoms with Crippen molar-refractivity contribution in [2.45, 2.75) is 71.1 Å². The average molecular weight is 451 g/mol. The van der Waals surface area contributed by atoms with Gasteiger partial charge in [0.2, 0.25) is 5.91 Å². The van der Waals surface area contributed by atoms with E-state index in [9.17, 15) is 9.59 Å². The Hall–Kier alpha value is -2.00. The van der Waals surface area contributed by atoms with Gasteiger partial charge < -0.3 is 15.4 Å². The minimum absolute atomic E-state index is 0.0695. The van der Waals surface area contributed by atoms with Gasteiger partial charge in [-0.15, -0.1) is 22.7 Å². The van der Waals surface area contributed by atoms with E-state index >= 15 is 0 Å². The normalized spacial score (nSPS) is 15.4. The number of carbonyl (C=O) groups excluding carboxylic acids is 2. The zero-order valence-corrected chi connectivity index (χ0v) is 19.1. The first kappa shape index (κ1) is 22.7. The quantitative estimate of drug-likeness (QED) is 0.599. The number of aromatic nitrogens is 2. The molecule has 9 heteroatoms. The third-order valence-corrected chi connectivity index (χ3v) is 6.85. The maximum atomic E-state index is 12.4. The highest BCUT2D eigenvalue weighted by Crippen LogP contribution is 2.27. The Morgan fingerprint density at radius 2 is 1.70 bits per heavy atom. The summed E-state index contributed by atoms with van der Waals surface area (Å²) < 4.78 is 4.92. The van der Waals surface area contributed by atoms with Crippen molar-refractivity contribution in [1.29, 1.82) is 0 Å². The van der Waals surface area contributed by atoms with Crippen LogP contribution < -0.4 is 10.6 Å². The summed E-state index contributed by atoms with van der Waals surface area (Å²) in [6.07, 6.45) is 12.3. The number of esters is 1. The number of rotatable bonds is 6. The molecule has 0 saturated heterocycles. The molecule has 1 amide bonds. The number of hydrogen-bond donors (Lipinski definition) is 2. The van der Waals surface area contributed by atoms with Crippen molar-refractivity contribution < 1.29 is 14.3 Å². The first-order valence-electron chi connectivity index (χ1n) is 10.8. The van der Waals surface area contributed by atoms with Gasteiger partial charge in [0.05, 0.1) is 18.8 Å². The molecular weight excluding hydrogens is 420 g/mol. The highest BCUT2D eigenvalue weighted by molar-refractivity contribution is 7.16. The third kappa shape index (κ3) is 7.05. The van der Waals surface area contributed by atoms with Crippen LogP contribution in [0.5, 0.6) is 0 Å². The molecule has 0 spiro atoms. The number of amides is 1. The second kappa shape index (κ2) is 12.0. The lowest BCUT2D eigenvalue weighted by Gasteiger charge is -2.06. The van der Waals surface area contributed by atoms with Gasteiger partial charge in [-0.05, 0) is 32.6 Å². The molecule has 7 nitrogen and oxygen atoms in total. The lowest BCUT2D eigenvalue weighted by Crippen LogP contribution is -2.21. The molecule has 164 valence electrons. The molecule has 0 fully saturated rings. The fourth-order valence-corrected chi connectivity index (χ4v) is 5.18. The zero-order chi connectivity index (χ0) is 21.2. The number of nitrogens with one attached hydrogen (secondary N) is 2. The van der Waals surface area contributed by atoms with Crippen molar-refractivity contribution >= 4 is 44.8 Å². The summed E-state index contributed by atoms with van der Waals surface area (Å²) in [6, 6.07) is 0. The van der Waals surface area contributed by atoms with E-state index in [4.69, 9.17) is 9.72 Å². The van der Waals surface area contributed by atoms with Crippen LogP contribution in [0.3, 0.4) is 0 Å². The molecule has 0 unspecified atom stereocenters. The lowest BCUT2D eigenvalue weighted by atomic mass is 10.0. The van der Waals surface area contributed by atoms with Crippen molar-refractivity contribution in [1.82, 2.24) is 9.97 Å². The Morgan fingerprint density at radius 1 is 1.00 bits per heavy atom. The number of ether oxygens (including phenoxy) is 1.